The Morgan fingerprint density at radius 1 is 0.348 bits per heavy atom. The molecule has 0 radical (unpaired) electrons. The lowest BCUT2D eigenvalue weighted by molar-refractivity contribution is 1.18. The third-order valence-electron chi connectivity index (χ3n) is 14.5. The quantitative estimate of drug-likeness (QED) is 0.169. The first-order chi connectivity index (χ1) is 34.2. The minimum Gasteiger partial charge on any atom is -0.309 e. The molecule has 0 saturated carbocycles. The van der Waals surface area contributed by atoms with Gasteiger partial charge in [-0.1, -0.05) is 182 Å². The molecule has 0 atom stereocenters. The van der Waals surface area contributed by atoms with Gasteiger partial charge in [0.05, 0.1) is 32.5 Å². The van der Waals surface area contributed by atoms with Crippen LogP contribution in [-0.2, 0) is 0 Å². The van der Waals surface area contributed by atoms with E-state index < -0.39 is 0 Å². The molecule has 0 aliphatic heterocycles. The molecule has 4 heterocycles. The highest BCUT2D eigenvalue weighted by atomic mass is 32.1. The molecule has 0 unspecified atom stereocenters. The molecular formula is C65H39N3S. The van der Waals surface area contributed by atoms with Crippen molar-refractivity contribution in [1.29, 1.82) is 0 Å². The van der Waals surface area contributed by atoms with E-state index in [1.807, 2.05) is 11.3 Å². The highest BCUT2D eigenvalue weighted by Gasteiger charge is 2.20. The number of aromatic nitrogens is 3. The van der Waals surface area contributed by atoms with Crippen LogP contribution in [0.2, 0.25) is 0 Å². The fourth-order valence-electron chi connectivity index (χ4n) is 11.2. The van der Waals surface area contributed by atoms with E-state index in [1.165, 1.54) is 113 Å². The van der Waals surface area contributed by atoms with Crippen molar-refractivity contribution in [3.63, 3.8) is 0 Å². The SMILES string of the molecule is c1ccc(-n2c3ccccc3c3cc(-c4ccc(-c5ccc(-c6ccc(-c7cc8c(sc9ccc%10ccccc%10c98)c8nc9cc%10ccccc%10cc9n78)cc6)c6ccccc56)cc4)ccc32)cc1. The number of rotatable bonds is 5. The fourth-order valence-corrected chi connectivity index (χ4v) is 12.4. The van der Waals surface area contributed by atoms with E-state index in [9.17, 15) is 0 Å². The van der Waals surface area contributed by atoms with E-state index in [4.69, 9.17) is 4.98 Å². The summed E-state index contributed by atoms with van der Waals surface area (Å²) in [6.07, 6.45) is 0. The summed E-state index contributed by atoms with van der Waals surface area (Å²) < 4.78 is 7.27. The number of imidazole rings is 1. The highest BCUT2D eigenvalue weighted by Crippen LogP contribution is 2.45. The van der Waals surface area contributed by atoms with Crippen LogP contribution in [0.1, 0.15) is 0 Å². The largest absolute Gasteiger partial charge is 0.309 e. The predicted octanol–water partition coefficient (Wildman–Crippen LogP) is 18.1. The van der Waals surface area contributed by atoms with E-state index in [0.717, 1.165) is 27.9 Å². The Labute approximate surface area is 401 Å². The summed E-state index contributed by atoms with van der Waals surface area (Å²) in [6, 6.07) is 86.9. The molecule has 0 fully saturated rings. The molecular weight excluding hydrogens is 855 g/mol. The Kier molecular flexibility index (Phi) is 8.23. The van der Waals surface area contributed by atoms with Gasteiger partial charge in [0.15, 0.2) is 5.65 Å². The van der Waals surface area contributed by atoms with Gasteiger partial charge in [-0.3, -0.25) is 4.40 Å². The van der Waals surface area contributed by atoms with Gasteiger partial charge in [0.25, 0.3) is 0 Å². The normalized spacial score (nSPS) is 12.1. The van der Waals surface area contributed by atoms with Crippen molar-refractivity contribution in [1.82, 2.24) is 14.0 Å². The fraction of sp³-hybridized carbons (Fsp3) is 0. The van der Waals surface area contributed by atoms with Crippen LogP contribution in [0.15, 0.2) is 237 Å². The van der Waals surface area contributed by atoms with Crippen LogP contribution in [0.25, 0.3) is 141 Å². The van der Waals surface area contributed by atoms with Gasteiger partial charge in [-0.2, -0.15) is 0 Å². The molecule has 0 saturated heterocycles. The van der Waals surface area contributed by atoms with Crippen molar-refractivity contribution in [2.45, 2.75) is 0 Å². The average Bonchev–Trinajstić information content (AvgIpc) is 4.10. The summed E-state index contributed by atoms with van der Waals surface area (Å²) in [5.74, 6) is 0. The number of hydrogen-bond donors (Lipinski definition) is 0. The highest BCUT2D eigenvalue weighted by molar-refractivity contribution is 7.26. The van der Waals surface area contributed by atoms with Crippen molar-refractivity contribution in [2.24, 2.45) is 0 Å². The molecule has 0 N–H and O–H groups in total. The molecule has 0 bridgehead atoms. The Bertz CT molecular complexity index is 4570. The minimum absolute atomic E-state index is 1.00. The Balaban J connectivity index is 0.821. The molecule has 0 aliphatic rings. The van der Waals surface area contributed by atoms with Crippen LogP contribution >= 0.6 is 11.3 Å². The lowest BCUT2D eigenvalue weighted by Gasteiger charge is -2.14. The number of nitrogens with zero attached hydrogens (tertiary/aromatic N) is 3. The van der Waals surface area contributed by atoms with E-state index in [2.05, 4.69) is 246 Å². The summed E-state index contributed by atoms with van der Waals surface area (Å²) in [5, 5.41) is 12.5. The zero-order valence-corrected chi connectivity index (χ0v) is 38.1. The predicted molar refractivity (Wildman–Crippen MR) is 294 cm³/mol. The summed E-state index contributed by atoms with van der Waals surface area (Å²) in [6.45, 7) is 0. The first kappa shape index (κ1) is 38.3. The van der Waals surface area contributed by atoms with Gasteiger partial charge < -0.3 is 4.57 Å². The second-order valence-corrected chi connectivity index (χ2v) is 19.3. The van der Waals surface area contributed by atoms with E-state index in [1.54, 1.807) is 0 Å². The van der Waals surface area contributed by atoms with E-state index in [0.29, 0.717) is 0 Å². The molecule has 11 aromatic carbocycles. The zero-order chi connectivity index (χ0) is 45.2. The van der Waals surface area contributed by atoms with Gasteiger partial charge in [0, 0.05) is 31.9 Å². The molecule has 0 spiro atoms. The number of hydrogen-bond acceptors (Lipinski definition) is 2. The Morgan fingerprint density at radius 2 is 0.928 bits per heavy atom. The lowest BCUT2D eigenvalue weighted by Crippen LogP contribution is -1.93. The molecule has 3 nitrogen and oxygen atoms in total. The monoisotopic (exact) mass is 893 g/mol. The number of para-hydroxylation sites is 2. The van der Waals surface area contributed by atoms with Crippen molar-refractivity contribution in [3.8, 4) is 50.3 Å². The second-order valence-electron chi connectivity index (χ2n) is 18.3. The summed E-state index contributed by atoms with van der Waals surface area (Å²) in [5.41, 5.74) is 16.3. The maximum atomic E-state index is 5.41. The summed E-state index contributed by atoms with van der Waals surface area (Å²) in [4.78, 5) is 5.41. The third-order valence-corrected chi connectivity index (χ3v) is 15.7. The molecule has 15 rings (SSSR count). The Morgan fingerprint density at radius 3 is 1.67 bits per heavy atom. The van der Waals surface area contributed by atoms with E-state index in [-0.39, 0.29) is 0 Å². The Hall–Kier alpha value is -8.83. The molecule has 4 aromatic heterocycles. The maximum Gasteiger partial charge on any atom is 0.156 e. The van der Waals surface area contributed by atoms with Crippen molar-refractivity contribution < 1.29 is 0 Å². The van der Waals surface area contributed by atoms with E-state index >= 15 is 0 Å². The standard InChI is InChI=1S/C65H39N3S/c1-2-15-48(16-3-1)67-58-21-11-10-20-54(58)55-36-47(30-34-59(55)67)40-22-24-42(25-23-40)49-32-33-50(53-19-9-8-18-52(49)53)43-26-28-44(29-27-43)60-39-56-63-51-17-7-6-12-41(51)31-35-62(63)69-64(56)65-66-57-37-45-13-4-5-14-46(45)38-61(57)68(60)65/h1-39H. The molecule has 0 aliphatic carbocycles. The topological polar surface area (TPSA) is 22.2 Å². The molecule has 4 heteroatoms. The van der Waals surface area contributed by atoms with Gasteiger partial charge >= 0.3 is 0 Å². The summed E-state index contributed by atoms with van der Waals surface area (Å²) in [7, 11) is 0. The number of fused-ring (bicyclic) bond motifs is 14. The second kappa shape index (κ2) is 14.8. The van der Waals surface area contributed by atoms with Crippen molar-refractivity contribution >= 4 is 102 Å². The minimum atomic E-state index is 1.00. The first-order valence-corrected chi connectivity index (χ1v) is 24.4. The summed E-state index contributed by atoms with van der Waals surface area (Å²) >= 11 is 1.85. The van der Waals surface area contributed by atoms with Crippen LogP contribution in [0.5, 0.6) is 0 Å². The molecule has 69 heavy (non-hydrogen) atoms. The number of thiophene rings is 1. The van der Waals surface area contributed by atoms with Gasteiger partial charge in [-0.15, -0.1) is 11.3 Å². The van der Waals surface area contributed by atoms with Gasteiger partial charge in [-0.25, -0.2) is 4.98 Å². The van der Waals surface area contributed by atoms with Gasteiger partial charge in [-0.05, 0) is 126 Å². The third kappa shape index (κ3) is 5.83. The van der Waals surface area contributed by atoms with Crippen LogP contribution < -0.4 is 0 Å². The van der Waals surface area contributed by atoms with Crippen molar-refractivity contribution in [2.75, 3.05) is 0 Å². The number of benzene rings is 11. The van der Waals surface area contributed by atoms with Crippen LogP contribution in [-0.4, -0.2) is 14.0 Å². The molecule has 0 amide bonds. The van der Waals surface area contributed by atoms with Gasteiger partial charge in [0.1, 0.15) is 0 Å². The lowest BCUT2D eigenvalue weighted by atomic mass is 9.91. The van der Waals surface area contributed by atoms with Crippen LogP contribution in [0.3, 0.4) is 0 Å². The van der Waals surface area contributed by atoms with Gasteiger partial charge in [0.2, 0.25) is 0 Å². The maximum absolute atomic E-state index is 5.41. The van der Waals surface area contributed by atoms with Crippen LogP contribution in [0, 0.1) is 0 Å². The smallest absolute Gasteiger partial charge is 0.156 e. The molecule has 15 aromatic rings. The number of pyridine rings is 1. The van der Waals surface area contributed by atoms with Crippen LogP contribution in [0.4, 0.5) is 0 Å². The molecule has 320 valence electrons. The van der Waals surface area contributed by atoms with Crippen molar-refractivity contribution in [3.05, 3.63) is 237 Å². The average molecular weight is 894 g/mol. The first-order valence-electron chi connectivity index (χ1n) is 23.6. The zero-order valence-electron chi connectivity index (χ0n) is 37.3.